The third kappa shape index (κ3) is 1.13. The van der Waals surface area contributed by atoms with Crippen LogP contribution in [0.2, 0.25) is 0 Å². The van der Waals surface area contributed by atoms with Gasteiger partial charge in [-0.15, -0.1) is 0 Å². The molecule has 0 fully saturated rings. The second-order valence-corrected chi connectivity index (χ2v) is 3.45. The van der Waals surface area contributed by atoms with E-state index in [1.165, 1.54) is 0 Å². The number of aromatic hydroxyl groups is 1. The molecule has 1 heterocycles. The van der Waals surface area contributed by atoms with Gasteiger partial charge in [-0.1, -0.05) is 12.1 Å². The number of rotatable bonds is 0. The first-order chi connectivity index (χ1) is 7.36. The average Bonchev–Trinajstić information content (AvgIpc) is 2.29. The molecule has 0 spiro atoms. The van der Waals surface area contributed by atoms with Crippen molar-refractivity contribution in [1.29, 1.82) is 0 Å². The van der Waals surface area contributed by atoms with Crippen LogP contribution in [-0.2, 0) is 0 Å². The van der Waals surface area contributed by atoms with Crippen molar-refractivity contribution in [2.75, 3.05) is 0 Å². The van der Waals surface area contributed by atoms with Crippen molar-refractivity contribution < 1.29 is 5.11 Å². The maximum absolute atomic E-state index is 9.82. The highest BCUT2D eigenvalue weighted by Crippen LogP contribution is 2.37. The zero-order chi connectivity index (χ0) is 10.3. The largest absolute Gasteiger partial charge is 0.507 e. The van der Waals surface area contributed by atoms with Crippen molar-refractivity contribution >= 4 is 28.8 Å². The molecule has 1 aliphatic heterocycles. The van der Waals surface area contributed by atoms with E-state index < -0.39 is 0 Å². The maximum Gasteiger partial charge on any atom is 0.173 e. The summed E-state index contributed by atoms with van der Waals surface area (Å²) >= 11 is 0. The predicted molar refractivity (Wildman–Crippen MR) is 61.5 cm³/mol. The lowest BCUT2D eigenvalue weighted by Gasteiger charge is -2.03. The van der Waals surface area contributed by atoms with Crippen molar-refractivity contribution in [2.24, 2.45) is 4.99 Å². The molecule has 2 heteroatoms. The van der Waals surface area contributed by atoms with Crippen LogP contribution in [-0.4, -0.2) is 11.3 Å². The monoisotopic (exact) mass is 194 g/mol. The van der Waals surface area contributed by atoms with Gasteiger partial charge in [-0.05, 0) is 17.5 Å². The van der Waals surface area contributed by atoms with Crippen molar-refractivity contribution in [3.8, 4) is 5.75 Å². The number of nitrogens with zero attached hydrogens (tertiary/aromatic N) is 1. The summed E-state index contributed by atoms with van der Waals surface area (Å²) in [7, 11) is 0. The van der Waals surface area contributed by atoms with E-state index >= 15 is 0 Å². The molecule has 70 valence electrons. The standard InChI is InChI=1S/C13H7NO/c15-11-5-1-3-9-6-7-10-4-2-8-14-13(10)12(9)11/h1,3-8H/p+1. The molecule has 0 unspecified atom stereocenters. The average molecular weight is 194 g/mol. The van der Waals surface area contributed by atoms with Gasteiger partial charge in [0.05, 0.1) is 5.39 Å². The molecule has 1 N–H and O–H groups in total. The van der Waals surface area contributed by atoms with Gasteiger partial charge in [-0.25, -0.2) is 4.99 Å². The number of aliphatic imine (C=N–C) groups is 1. The molecular weight excluding hydrogens is 186 g/mol. The van der Waals surface area contributed by atoms with Crippen LogP contribution in [0.4, 0.5) is 5.69 Å². The number of fused-ring (bicyclic) bond motifs is 3. The van der Waals surface area contributed by atoms with Crippen molar-refractivity contribution in [3.05, 3.63) is 42.0 Å². The molecule has 1 aliphatic rings. The second-order valence-electron chi connectivity index (χ2n) is 3.45. The van der Waals surface area contributed by atoms with Crippen LogP contribution in [0.15, 0.2) is 35.3 Å². The molecule has 0 bridgehead atoms. The van der Waals surface area contributed by atoms with E-state index in [0.29, 0.717) is 0 Å². The molecule has 0 aliphatic carbocycles. The molecule has 0 amide bonds. The summed E-state index contributed by atoms with van der Waals surface area (Å²) in [5, 5.41) is 11.6. The van der Waals surface area contributed by atoms with Crippen LogP contribution < -0.4 is 0 Å². The molecule has 0 atom stereocenters. The molecule has 0 saturated heterocycles. The second kappa shape index (κ2) is 2.91. The van der Waals surface area contributed by atoms with E-state index in [1.807, 2.05) is 30.3 Å². The zero-order valence-electron chi connectivity index (χ0n) is 7.94. The van der Waals surface area contributed by atoms with Gasteiger partial charge in [0.2, 0.25) is 0 Å². The molecule has 2 aromatic rings. The van der Waals surface area contributed by atoms with Crippen LogP contribution in [0.5, 0.6) is 5.75 Å². The number of hydrogen-bond acceptors (Lipinski definition) is 2. The molecular formula is C13H8NO+. The van der Waals surface area contributed by atoms with Gasteiger partial charge in [0, 0.05) is 6.07 Å². The summed E-state index contributed by atoms with van der Waals surface area (Å²) in [5.74, 6) is 0.275. The summed E-state index contributed by atoms with van der Waals surface area (Å²) in [6.45, 7) is 0. The summed E-state index contributed by atoms with van der Waals surface area (Å²) in [4.78, 5) is 4.25. The smallest absolute Gasteiger partial charge is 0.173 e. The van der Waals surface area contributed by atoms with E-state index in [1.54, 1.807) is 12.3 Å². The fourth-order valence-corrected chi connectivity index (χ4v) is 1.84. The Morgan fingerprint density at radius 1 is 1.13 bits per heavy atom. The van der Waals surface area contributed by atoms with E-state index in [4.69, 9.17) is 0 Å². The lowest BCUT2D eigenvalue weighted by Crippen LogP contribution is -1.84. The highest BCUT2D eigenvalue weighted by molar-refractivity contribution is 6.03. The van der Waals surface area contributed by atoms with E-state index in [0.717, 1.165) is 22.0 Å². The Kier molecular flexibility index (Phi) is 1.58. The van der Waals surface area contributed by atoms with Gasteiger partial charge in [-0.2, -0.15) is 0 Å². The Morgan fingerprint density at radius 2 is 2.07 bits per heavy atom. The fraction of sp³-hybridized carbons (Fsp3) is 0. The molecule has 3 rings (SSSR count). The first-order valence-electron chi connectivity index (χ1n) is 4.73. The van der Waals surface area contributed by atoms with Gasteiger partial charge < -0.3 is 5.11 Å². The molecule has 0 radical (unpaired) electrons. The van der Waals surface area contributed by atoms with Gasteiger partial charge in [0.1, 0.15) is 17.4 Å². The van der Waals surface area contributed by atoms with Gasteiger partial charge >= 0.3 is 0 Å². The quantitative estimate of drug-likeness (QED) is 0.642. The van der Waals surface area contributed by atoms with Gasteiger partial charge in [0.25, 0.3) is 0 Å². The minimum atomic E-state index is 0.275. The maximum atomic E-state index is 9.82. The van der Waals surface area contributed by atoms with Crippen molar-refractivity contribution in [3.63, 3.8) is 0 Å². The number of phenolic OH excluding ortho intramolecular Hbond substituents is 1. The molecule has 15 heavy (non-hydrogen) atoms. The normalized spacial score (nSPS) is 12.5. The predicted octanol–water partition coefficient (Wildman–Crippen LogP) is 3.08. The van der Waals surface area contributed by atoms with Crippen LogP contribution in [0.3, 0.4) is 0 Å². The molecule has 0 aromatic heterocycles. The number of phenols is 1. The fourth-order valence-electron chi connectivity index (χ4n) is 1.84. The Bertz CT molecular complexity index is 597. The Labute approximate surface area is 87.2 Å². The summed E-state index contributed by atoms with van der Waals surface area (Å²) in [6.07, 6.45) is 6.42. The number of benzene rings is 2. The van der Waals surface area contributed by atoms with Gasteiger partial charge in [-0.3, -0.25) is 0 Å². The van der Waals surface area contributed by atoms with Crippen LogP contribution >= 0.6 is 0 Å². The number of allylic oxidation sites excluding steroid dienone is 1. The lowest BCUT2D eigenvalue weighted by molar-refractivity contribution is 0.482. The van der Waals surface area contributed by atoms with Crippen LogP contribution in [0.25, 0.3) is 16.8 Å². The minimum absolute atomic E-state index is 0.275. The number of hydrogen-bond donors (Lipinski definition) is 1. The van der Waals surface area contributed by atoms with Crippen LogP contribution in [0.1, 0.15) is 5.56 Å². The highest BCUT2D eigenvalue weighted by Gasteiger charge is 2.16. The minimum Gasteiger partial charge on any atom is -0.507 e. The first kappa shape index (κ1) is 8.16. The summed E-state index contributed by atoms with van der Waals surface area (Å²) in [5.41, 5.74) is 1.82. The topological polar surface area (TPSA) is 32.6 Å². The van der Waals surface area contributed by atoms with E-state index in [-0.39, 0.29) is 5.75 Å². The third-order valence-electron chi connectivity index (χ3n) is 2.53. The van der Waals surface area contributed by atoms with E-state index in [2.05, 4.69) is 11.1 Å². The third-order valence-corrected chi connectivity index (χ3v) is 2.53. The highest BCUT2D eigenvalue weighted by atomic mass is 16.3. The molecule has 2 nitrogen and oxygen atoms in total. The Hall–Kier alpha value is -2.18. The lowest BCUT2D eigenvalue weighted by atomic mass is 10.0. The molecule has 2 aromatic carbocycles. The zero-order valence-corrected chi connectivity index (χ0v) is 7.94. The van der Waals surface area contributed by atoms with Crippen molar-refractivity contribution in [1.82, 2.24) is 0 Å². The van der Waals surface area contributed by atoms with Gasteiger partial charge in [0.15, 0.2) is 18.0 Å². The first-order valence-corrected chi connectivity index (χ1v) is 4.73. The van der Waals surface area contributed by atoms with E-state index in [9.17, 15) is 5.11 Å². The Morgan fingerprint density at radius 3 is 3.00 bits per heavy atom. The Balaban J connectivity index is 2.51. The van der Waals surface area contributed by atoms with Crippen LogP contribution in [0, 0.1) is 6.08 Å². The SMILES string of the molecule is Oc1cccc2ccc3c(c12)N=C[C+]=C3. The summed E-state index contributed by atoms with van der Waals surface area (Å²) < 4.78 is 0. The van der Waals surface area contributed by atoms with Crippen molar-refractivity contribution in [2.45, 2.75) is 0 Å². The summed E-state index contributed by atoms with van der Waals surface area (Å²) in [6, 6.07) is 9.44. The molecule has 0 saturated carbocycles.